The van der Waals surface area contributed by atoms with Gasteiger partial charge in [0.2, 0.25) is 10.0 Å². The topological polar surface area (TPSA) is 55.4 Å². The van der Waals surface area contributed by atoms with Gasteiger partial charge in [0.15, 0.2) is 0 Å². The Morgan fingerprint density at radius 1 is 1.12 bits per heavy atom. The van der Waals surface area contributed by atoms with Crippen molar-refractivity contribution in [2.45, 2.75) is 51.0 Å². The number of methoxy groups -OCH3 is 1. The summed E-state index contributed by atoms with van der Waals surface area (Å²) in [6, 6.07) is 12.9. The van der Waals surface area contributed by atoms with E-state index in [-0.39, 0.29) is 12.0 Å². The van der Waals surface area contributed by atoms with Crippen LogP contribution in [0.4, 0.5) is 0 Å². The Morgan fingerprint density at radius 3 is 2.28 bits per heavy atom. The molecule has 25 heavy (non-hydrogen) atoms. The Morgan fingerprint density at radius 2 is 1.76 bits per heavy atom. The Hall–Kier alpha value is -1.85. The van der Waals surface area contributed by atoms with Gasteiger partial charge >= 0.3 is 0 Å². The number of benzene rings is 2. The van der Waals surface area contributed by atoms with Gasteiger partial charge in [0.25, 0.3) is 0 Å². The molecule has 0 aliphatic carbocycles. The highest BCUT2D eigenvalue weighted by molar-refractivity contribution is 7.89. The van der Waals surface area contributed by atoms with Gasteiger partial charge in [0.1, 0.15) is 5.75 Å². The molecule has 0 fully saturated rings. The van der Waals surface area contributed by atoms with Crippen LogP contribution in [0.5, 0.6) is 5.75 Å². The zero-order valence-electron chi connectivity index (χ0n) is 15.5. The normalized spacial score (nSPS) is 13.0. The lowest BCUT2D eigenvalue weighted by atomic mass is 10.0. The molecule has 0 aromatic heterocycles. The maximum Gasteiger partial charge on any atom is 0.241 e. The summed E-state index contributed by atoms with van der Waals surface area (Å²) in [5.74, 6) is 0.891. The van der Waals surface area contributed by atoms with Crippen LogP contribution in [0, 0.1) is 6.92 Å². The van der Waals surface area contributed by atoms with E-state index in [0.29, 0.717) is 16.9 Å². The van der Waals surface area contributed by atoms with Gasteiger partial charge in [-0.1, -0.05) is 51.1 Å². The number of rotatable bonds is 7. The molecule has 0 bridgehead atoms. The van der Waals surface area contributed by atoms with Crippen LogP contribution >= 0.6 is 0 Å². The molecule has 0 aliphatic rings. The van der Waals surface area contributed by atoms with Crippen molar-refractivity contribution in [3.63, 3.8) is 0 Å². The molecule has 2 aromatic carbocycles. The van der Waals surface area contributed by atoms with E-state index in [1.165, 1.54) is 0 Å². The lowest BCUT2D eigenvalue weighted by Gasteiger charge is -2.20. The smallest absolute Gasteiger partial charge is 0.241 e. The maximum absolute atomic E-state index is 13.0. The zero-order chi connectivity index (χ0) is 18.6. The molecular formula is C20H27NO3S. The van der Waals surface area contributed by atoms with E-state index in [1.54, 1.807) is 26.2 Å². The van der Waals surface area contributed by atoms with Crippen LogP contribution in [0.1, 0.15) is 55.8 Å². The van der Waals surface area contributed by atoms with Crippen LogP contribution in [0.2, 0.25) is 0 Å². The van der Waals surface area contributed by atoms with Crippen LogP contribution in [-0.2, 0) is 10.0 Å². The van der Waals surface area contributed by atoms with Gasteiger partial charge in [-0.2, -0.15) is 0 Å². The molecule has 0 heterocycles. The lowest BCUT2D eigenvalue weighted by molar-refractivity contribution is 0.406. The van der Waals surface area contributed by atoms with Crippen LogP contribution in [0.3, 0.4) is 0 Å². The van der Waals surface area contributed by atoms with Gasteiger partial charge in [-0.05, 0) is 48.1 Å². The summed E-state index contributed by atoms with van der Waals surface area (Å²) in [7, 11) is -2.03. The summed E-state index contributed by atoms with van der Waals surface area (Å²) in [5, 5.41) is 0. The summed E-state index contributed by atoms with van der Waals surface area (Å²) in [5.41, 5.74) is 2.53. The molecule has 136 valence electrons. The van der Waals surface area contributed by atoms with Crippen molar-refractivity contribution in [1.29, 1.82) is 0 Å². The van der Waals surface area contributed by atoms with Crippen LogP contribution < -0.4 is 9.46 Å². The first-order valence-electron chi connectivity index (χ1n) is 8.56. The summed E-state index contributed by atoms with van der Waals surface area (Å²) in [6.45, 7) is 7.82. The predicted octanol–water partition coefficient (Wildman–Crippen LogP) is 4.56. The average Bonchev–Trinajstić information content (AvgIpc) is 2.59. The first kappa shape index (κ1) is 19.5. The molecule has 4 nitrogen and oxygen atoms in total. The van der Waals surface area contributed by atoms with Crippen LogP contribution in [0.25, 0.3) is 0 Å². The molecule has 0 spiro atoms. The molecule has 5 heteroatoms. The summed E-state index contributed by atoms with van der Waals surface area (Å²) in [6.07, 6.45) is 0.676. The highest BCUT2D eigenvalue weighted by Gasteiger charge is 2.24. The van der Waals surface area contributed by atoms with Crippen LogP contribution in [0.15, 0.2) is 47.4 Å². The fourth-order valence-corrected chi connectivity index (χ4v) is 4.49. The highest BCUT2D eigenvalue weighted by Crippen LogP contribution is 2.32. The van der Waals surface area contributed by atoms with Crippen molar-refractivity contribution >= 4 is 10.0 Å². The molecule has 0 amide bonds. The first-order valence-corrected chi connectivity index (χ1v) is 10.0. The fourth-order valence-electron chi connectivity index (χ4n) is 2.92. The minimum atomic E-state index is -3.64. The third-order valence-electron chi connectivity index (χ3n) is 4.35. The maximum atomic E-state index is 13.0. The van der Waals surface area contributed by atoms with Crippen molar-refractivity contribution in [2.24, 2.45) is 0 Å². The van der Waals surface area contributed by atoms with Gasteiger partial charge in [-0.3, -0.25) is 0 Å². The average molecular weight is 362 g/mol. The molecule has 1 N–H and O–H groups in total. The molecule has 0 saturated heterocycles. The molecule has 0 saturated carbocycles. The van der Waals surface area contributed by atoms with E-state index in [4.69, 9.17) is 4.74 Å². The van der Waals surface area contributed by atoms with Crippen molar-refractivity contribution < 1.29 is 13.2 Å². The van der Waals surface area contributed by atoms with Gasteiger partial charge in [0, 0.05) is 6.04 Å². The van der Waals surface area contributed by atoms with E-state index in [0.717, 1.165) is 16.9 Å². The largest absolute Gasteiger partial charge is 0.496 e. The van der Waals surface area contributed by atoms with Gasteiger partial charge < -0.3 is 4.74 Å². The van der Waals surface area contributed by atoms with E-state index >= 15 is 0 Å². The van der Waals surface area contributed by atoms with E-state index < -0.39 is 10.0 Å². The lowest BCUT2D eigenvalue weighted by Crippen LogP contribution is -2.29. The van der Waals surface area contributed by atoms with E-state index in [1.807, 2.05) is 51.1 Å². The number of ether oxygens (including phenoxy) is 1. The third-order valence-corrected chi connectivity index (χ3v) is 5.96. The van der Waals surface area contributed by atoms with Crippen LogP contribution in [-0.4, -0.2) is 15.5 Å². The summed E-state index contributed by atoms with van der Waals surface area (Å²) < 4.78 is 34.3. The summed E-state index contributed by atoms with van der Waals surface area (Å²) in [4.78, 5) is 0.311. The molecule has 0 unspecified atom stereocenters. The number of hydrogen-bond acceptors (Lipinski definition) is 3. The molecule has 1 atom stereocenters. The number of hydrogen-bond donors (Lipinski definition) is 1. The second-order valence-corrected chi connectivity index (χ2v) is 8.19. The summed E-state index contributed by atoms with van der Waals surface area (Å²) >= 11 is 0. The Labute approximate surface area is 151 Å². The van der Waals surface area contributed by atoms with Crippen molar-refractivity contribution in [3.05, 3.63) is 59.2 Å². The fraction of sp³-hybridized carbons (Fsp3) is 0.400. The molecule has 2 aromatic rings. The van der Waals surface area contributed by atoms with Crippen molar-refractivity contribution in [2.75, 3.05) is 7.11 Å². The quantitative estimate of drug-likeness (QED) is 0.787. The molecular weight excluding hydrogens is 334 g/mol. The van der Waals surface area contributed by atoms with Gasteiger partial charge in [0.05, 0.1) is 12.0 Å². The van der Waals surface area contributed by atoms with E-state index in [9.17, 15) is 8.42 Å². The Bertz CT molecular complexity index is 814. The number of aryl methyl sites for hydroxylation is 1. The van der Waals surface area contributed by atoms with Gasteiger partial charge in [-0.25, -0.2) is 13.1 Å². The van der Waals surface area contributed by atoms with Gasteiger partial charge in [-0.15, -0.1) is 0 Å². The number of sulfonamides is 1. The second kappa shape index (κ2) is 8.02. The first-order chi connectivity index (χ1) is 11.8. The molecule has 0 radical (unpaired) electrons. The second-order valence-electron chi connectivity index (χ2n) is 6.51. The number of nitrogens with one attached hydrogen (secondary N) is 1. The Kier molecular flexibility index (Phi) is 6.25. The minimum Gasteiger partial charge on any atom is -0.496 e. The predicted molar refractivity (Wildman–Crippen MR) is 102 cm³/mol. The highest BCUT2D eigenvalue weighted by atomic mass is 32.2. The standard InChI is InChI=1S/C20H27NO3S/c1-6-18(16-10-8-7-9-11-16)21-25(22,23)20-13-17(14(2)3)19(24-5)12-15(20)4/h7-14,18,21H,6H2,1-5H3/t18-/m1/s1. The van der Waals surface area contributed by atoms with Crippen molar-refractivity contribution in [1.82, 2.24) is 4.72 Å². The third kappa shape index (κ3) is 4.41. The van der Waals surface area contributed by atoms with E-state index in [2.05, 4.69) is 4.72 Å². The monoisotopic (exact) mass is 361 g/mol. The molecule has 0 aliphatic heterocycles. The minimum absolute atomic E-state index is 0.167. The molecule has 2 rings (SSSR count). The zero-order valence-corrected chi connectivity index (χ0v) is 16.4. The van der Waals surface area contributed by atoms with Crippen molar-refractivity contribution in [3.8, 4) is 5.75 Å². The SMILES string of the molecule is CC[C@@H](NS(=O)(=O)c1cc(C(C)C)c(OC)cc1C)c1ccccc1. The Balaban J connectivity index is 2.44.